The molecule has 0 radical (unpaired) electrons. The van der Waals surface area contributed by atoms with Gasteiger partial charge in [-0.25, -0.2) is 0 Å². The van der Waals surface area contributed by atoms with Gasteiger partial charge in [0, 0.05) is 13.0 Å². The fourth-order valence-corrected chi connectivity index (χ4v) is 6.18. The molecule has 1 fully saturated rings. The van der Waals surface area contributed by atoms with Gasteiger partial charge in [0.1, 0.15) is 30.5 Å². The Bertz CT molecular complexity index is 762. The van der Waals surface area contributed by atoms with E-state index >= 15 is 0 Å². The van der Waals surface area contributed by atoms with E-state index in [9.17, 15) is 25.2 Å². The van der Waals surface area contributed by atoms with Crippen molar-refractivity contribution >= 4 is 5.97 Å². The highest BCUT2D eigenvalue weighted by Crippen LogP contribution is 2.22. The summed E-state index contributed by atoms with van der Waals surface area (Å²) in [5.41, 5.74) is 0. The summed E-state index contributed by atoms with van der Waals surface area (Å²) in [6, 6.07) is 0. The number of allylic oxidation sites excluding steroid dienone is 2. The zero-order valence-corrected chi connectivity index (χ0v) is 31.5. The molecular formula is C40H76O9. The predicted octanol–water partition coefficient (Wildman–Crippen LogP) is 8.08. The summed E-state index contributed by atoms with van der Waals surface area (Å²) in [5, 5.41) is 40.0. The summed E-state index contributed by atoms with van der Waals surface area (Å²) in [6.07, 6.45) is 26.6. The average Bonchev–Trinajstić information content (AvgIpc) is 3.10. The van der Waals surface area contributed by atoms with Gasteiger partial charge in [-0.1, -0.05) is 148 Å². The maximum absolute atomic E-state index is 12.7. The molecule has 1 heterocycles. The number of carbonyl (C=O) groups excluding carboxylic acids is 1. The third kappa shape index (κ3) is 24.7. The highest BCUT2D eigenvalue weighted by molar-refractivity contribution is 5.69. The first-order valence-corrected chi connectivity index (χ1v) is 20.3. The predicted molar refractivity (Wildman–Crippen MR) is 196 cm³/mol. The van der Waals surface area contributed by atoms with Crippen molar-refractivity contribution in [3.05, 3.63) is 12.2 Å². The van der Waals surface area contributed by atoms with Crippen LogP contribution in [0, 0.1) is 0 Å². The maximum Gasteiger partial charge on any atom is 0.306 e. The fourth-order valence-electron chi connectivity index (χ4n) is 6.18. The molecule has 1 rings (SSSR count). The second-order valence-corrected chi connectivity index (χ2v) is 14.1. The van der Waals surface area contributed by atoms with Gasteiger partial charge in [0.2, 0.25) is 0 Å². The van der Waals surface area contributed by atoms with Crippen LogP contribution in [0.4, 0.5) is 0 Å². The van der Waals surface area contributed by atoms with E-state index in [4.69, 9.17) is 18.9 Å². The molecule has 0 aliphatic carbocycles. The number of aliphatic hydroxyl groups is 4. The van der Waals surface area contributed by atoms with Crippen LogP contribution in [-0.4, -0.2) is 89.6 Å². The van der Waals surface area contributed by atoms with Crippen LogP contribution in [0.25, 0.3) is 0 Å². The highest BCUT2D eigenvalue weighted by atomic mass is 16.7. The number of hydrogen-bond donors (Lipinski definition) is 4. The lowest BCUT2D eigenvalue weighted by atomic mass is 9.99. The van der Waals surface area contributed by atoms with Crippen LogP contribution >= 0.6 is 0 Å². The Morgan fingerprint density at radius 1 is 0.633 bits per heavy atom. The molecule has 9 nitrogen and oxygen atoms in total. The molecule has 0 aromatic heterocycles. The summed E-state index contributed by atoms with van der Waals surface area (Å²) in [4.78, 5) is 12.7. The second-order valence-electron chi connectivity index (χ2n) is 14.1. The molecule has 1 aliphatic heterocycles. The Labute approximate surface area is 299 Å². The van der Waals surface area contributed by atoms with Crippen LogP contribution in [0.2, 0.25) is 0 Å². The lowest BCUT2D eigenvalue weighted by molar-refractivity contribution is -0.305. The molecule has 0 amide bonds. The highest BCUT2D eigenvalue weighted by Gasteiger charge is 2.44. The molecule has 0 saturated carbocycles. The van der Waals surface area contributed by atoms with Crippen molar-refractivity contribution in [3.63, 3.8) is 0 Å². The first kappa shape index (κ1) is 46.0. The monoisotopic (exact) mass is 701 g/mol. The summed E-state index contributed by atoms with van der Waals surface area (Å²) < 4.78 is 22.7. The van der Waals surface area contributed by atoms with Crippen LogP contribution < -0.4 is 0 Å². The third-order valence-corrected chi connectivity index (χ3v) is 9.43. The SMILES string of the molecule is CCCC/C=C\CCCCCCCCOCC(COC1OC(CO)C(O)C(O)C1O)OC(=O)CCCCCCCCCCCCCCCC. The molecule has 0 spiro atoms. The minimum Gasteiger partial charge on any atom is -0.457 e. The van der Waals surface area contributed by atoms with Gasteiger partial charge in [-0.2, -0.15) is 0 Å². The minimum atomic E-state index is -1.53. The van der Waals surface area contributed by atoms with Gasteiger partial charge in [0.25, 0.3) is 0 Å². The Kier molecular flexibility index (Phi) is 30.8. The van der Waals surface area contributed by atoms with Gasteiger partial charge < -0.3 is 39.4 Å². The van der Waals surface area contributed by atoms with Crippen LogP contribution in [0.5, 0.6) is 0 Å². The molecule has 6 atom stereocenters. The van der Waals surface area contributed by atoms with Gasteiger partial charge in [-0.05, 0) is 32.1 Å². The van der Waals surface area contributed by atoms with Gasteiger partial charge in [-0.3, -0.25) is 4.79 Å². The van der Waals surface area contributed by atoms with Crippen molar-refractivity contribution < 1.29 is 44.2 Å². The molecule has 290 valence electrons. The minimum absolute atomic E-state index is 0.111. The molecule has 1 saturated heterocycles. The topological polar surface area (TPSA) is 135 Å². The Morgan fingerprint density at radius 2 is 1.14 bits per heavy atom. The van der Waals surface area contributed by atoms with Crippen molar-refractivity contribution in [2.24, 2.45) is 0 Å². The van der Waals surface area contributed by atoms with E-state index in [1.54, 1.807) is 0 Å². The normalized spacial score (nSPS) is 21.8. The van der Waals surface area contributed by atoms with E-state index in [1.165, 1.54) is 116 Å². The third-order valence-electron chi connectivity index (χ3n) is 9.43. The molecule has 0 bridgehead atoms. The number of ether oxygens (including phenoxy) is 4. The number of esters is 1. The molecule has 9 heteroatoms. The van der Waals surface area contributed by atoms with E-state index in [0.717, 1.165) is 38.5 Å². The Balaban J connectivity index is 2.30. The summed E-state index contributed by atoms with van der Waals surface area (Å²) >= 11 is 0. The standard InChI is InChI=1S/C40H76O9/c1-3-5-7-9-11-13-15-17-18-19-21-23-25-27-29-36(42)48-34(33-47-40-39(45)38(44)37(43)35(31-41)49-40)32-46-30-28-26-24-22-20-16-14-12-10-8-6-4-2/h10,12,34-35,37-41,43-45H,3-9,11,13-33H2,1-2H3/b12-10-. The second kappa shape index (κ2) is 32.8. The number of unbranched alkanes of at least 4 members (excludes halogenated alkanes) is 21. The molecular weight excluding hydrogens is 624 g/mol. The molecule has 0 aromatic carbocycles. The van der Waals surface area contributed by atoms with Gasteiger partial charge >= 0.3 is 5.97 Å². The zero-order valence-electron chi connectivity index (χ0n) is 31.5. The number of aliphatic hydroxyl groups excluding tert-OH is 4. The van der Waals surface area contributed by atoms with Crippen molar-refractivity contribution in [2.75, 3.05) is 26.4 Å². The van der Waals surface area contributed by atoms with Crippen LogP contribution in [0.3, 0.4) is 0 Å². The lowest BCUT2D eigenvalue weighted by Gasteiger charge is -2.39. The zero-order chi connectivity index (χ0) is 35.8. The van der Waals surface area contributed by atoms with E-state index in [1.807, 2.05) is 0 Å². The average molecular weight is 701 g/mol. The quantitative estimate of drug-likeness (QED) is 0.0299. The summed E-state index contributed by atoms with van der Waals surface area (Å²) in [7, 11) is 0. The van der Waals surface area contributed by atoms with Crippen LogP contribution in [0.1, 0.15) is 174 Å². The largest absolute Gasteiger partial charge is 0.457 e. The van der Waals surface area contributed by atoms with Crippen molar-refractivity contribution in [2.45, 2.75) is 211 Å². The van der Waals surface area contributed by atoms with Crippen molar-refractivity contribution in [3.8, 4) is 0 Å². The maximum atomic E-state index is 12.7. The van der Waals surface area contributed by atoms with Gasteiger partial charge in [-0.15, -0.1) is 0 Å². The van der Waals surface area contributed by atoms with E-state index in [2.05, 4.69) is 26.0 Å². The molecule has 1 aliphatic rings. The van der Waals surface area contributed by atoms with Gasteiger partial charge in [0.15, 0.2) is 6.29 Å². The molecule has 49 heavy (non-hydrogen) atoms. The fraction of sp³-hybridized carbons (Fsp3) is 0.925. The first-order chi connectivity index (χ1) is 23.9. The molecule has 6 unspecified atom stereocenters. The number of carbonyl (C=O) groups is 1. The van der Waals surface area contributed by atoms with Crippen LogP contribution in [-0.2, 0) is 23.7 Å². The van der Waals surface area contributed by atoms with E-state index in [0.29, 0.717) is 13.0 Å². The van der Waals surface area contributed by atoms with Crippen molar-refractivity contribution in [1.82, 2.24) is 0 Å². The Morgan fingerprint density at radius 3 is 1.71 bits per heavy atom. The summed E-state index contributed by atoms with van der Waals surface area (Å²) in [6.45, 7) is 4.52. The first-order valence-electron chi connectivity index (χ1n) is 20.3. The summed E-state index contributed by atoms with van der Waals surface area (Å²) in [5.74, 6) is -0.315. The number of rotatable bonds is 34. The number of hydrogen-bond acceptors (Lipinski definition) is 9. The lowest BCUT2D eigenvalue weighted by Crippen LogP contribution is -2.59. The molecule has 0 aromatic rings. The van der Waals surface area contributed by atoms with E-state index < -0.39 is 43.4 Å². The molecule has 4 N–H and O–H groups in total. The Hall–Kier alpha value is -1.07. The van der Waals surface area contributed by atoms with Crippen molar-refractivity contribution in [1.29, 1.82) is 0 Å². The smallest absolute Gasteiger partial charge is 0.306 e. The van der Waals surface area contributed by atoms with E-state index in [-0.39, 0.29) is 19.2 Å². The van der Waals surface area contributed by atoms with Gasteiger partial charge in [0.05, 0.1) is 19.8 Å². The van der Waals surface area contributed by atoms with Crippen LogP contribution in [0.15, 0.2) is 12.2 Å².